The normalized spacial score (nSPS) is 21.6. The number of hydrogen-bond donors (Lipinski definition) is 0. The Morgan fingerprint density at radius 3 is 2.21 bits per heavy atom. The summed E-state index contributed by atoms with van der Waals surface area (Å²) in [6.07, 6.45) is -1.01. The van der Waals surface area contributed by atoms with E-state index in [-0.39, 0.29) is 11.6 Å². The van der Waals surface area contributed by atoms with Crippen molar-refractivity contribution >= 4 is 28.9 Å². The first-order chi connectivity index (χ1) is 16.5. The highest BCUT2D eigenvalue weighted by atomic mass is 16.7. The van der Waals surface area contributed by atoms with Gasteiger partial charge in [-0.15, -0.1) is 0 Å². The standard InChI is InChI=1S/C25H21N3O6/c1-2-33-20-14-12-17(13-15-20)26-24(29)21-22(16-8-10-19(11-9-16)28(31)32)27(34-23(21)25(26)30)18-6-4-3-5-7-18/h3-15,21-23H,2H2,1H3. The fraction of sp³-hybridized carbons (Fsp3) is 0.200. The van der Waals surface area contributed by atoms with Gasteiger partial charge in [0, 0.05) is 12.1 Å². The Morgan fingerprint density at radius 2 is 1.59 bits per heavy atom. The third-order valence-electron chi connectivity index (χ3n) is 5.98. The molecule has 2 amide bonds. The van der Waals surface area contributed by atoms with Crippen LogP contribution in [0, 0.1) is 16.0 Å². The number of rotatable bonds is 6. The number of amides is 2. The molecule has 0 N–H and O–H groups in total. The number of para-hydroxylation sites is 1. The monoisotopic (exact) mass is 459 g/mol. The predicted octanol–water partition coefficient (Wildman–Crippen LogP) is 4.04. The van der Waals surface area contributed by atoms with Gasteiger partial charge < -0.3 is 4.74 Å². The molecule has 0 aliphatic carbocycles. The van der Waals surface area contributed by atoms with Crippen molar-refractivity contribution in [1.82, 2.24) is 0 Å². The topological polar surface area (TPSA) is 102 Å². The van der Waals surface area contributed by atoms with Crippen molar-refractivity contribution in [2.45, 2.75) is 19.1 Å². The first-order valence-electron chi connectivity index (χ1n) is 10.9. The van der Waals surface area contributed by atoms with Crippen LogP contribution in [0.5, 0.6) is 5.75 Å². The second-order valence-electron chi connectivity index (χ2n) is 7.95. The van der Waals surface area contributed by atoms with Crippen molar-refractivity contribution in [2.24, 2.45) is 5.92 Å². The maximum Gasteiger partial charge on any atom is 0.269 e. The van der Waals surface area contributed by atoms with E-state index in [1.807, 2.05) is 37.3 Å². The largest absolute Gasteiger partial charge is 0.494 e. The zero-order valence-electron chi connectivity index (χ0n) is 18.2. The first kappa shape index (κ1) is 21.6. The Hall–Kier alpha value is -4.24. The number of nitrogens with zero attached hydrogens (tertiary/aromatic N) is 3. The van der Waals surface area contributed by atoms with E-state index in [0.717, 1.165) is 4.90 Å². The van der Waals surface area contributed by atoms with E-state index in [2.05, 4.69) is 0 Å². The Labute approximate surface area is 195 Å². The van der Waals surface area contributed by atoms with Crippen LogP contribution in [0.25, 0.3) is 0 Å². The number of carbonyl (C=O) groups is 2. The van der Waals surface area contributed by atoms with Crippen LogP contribution in [0.1, 0.15) is 18.5 Å². The number of imide groups is 1. The molecule has 0 bridgehead atoms. The van der Waals surface area contributed by atoms with Crippen molar-refractivity contribution in [1.29, 1.82) is 0 Å². The number of benzene rings is 3. The summed E-state index contributed by atoms with van der Waals surface area (Å²) in [6, 6.07) is 21.2. The van der Waals surface area contributed by atoms with Crippen molar-refractivity contribution < 1.29 is 24.1 Å². The summed E-state index contributed by atoms with van der Waals surface area (Å²) >= 11 is 0. The smallest absolute Gasteiger partial charge is 0.269 e. The molecule has 2 aliphatic rings. The van der Waals surface area contributed by atoms with Crippen molar-refractivity contribution in [3.63, 3.8) is 0 Å². The van der Waals surface area contributed by atoms with E-state index in [4.69, 9.17) is 9.57 Å². The first-order valence-corrected chi connectivity index (χ1v) is 10.9. The number of carbonyl (C=O) groups excluding carboxylic acids is 2. The van der Waals surface area contributed by atoms with Crippen LogP contribution in [0.3, 0.4) is 0 Å². The molecular weight excluding hydrogens is 438 g/mol. The predicted molar refractivity (Wildman–Crippen MR) is 123 cm³/mol. The summed E-state index contributed by atoms with van der Waals surface area (Å²) in [4.78, 5) is 44.8. The van der Waals surface area contributed by atoms with E-state index >= 15 is 0 Å². The van der Waals surface area contributed by atoms with Crippen LogP contribution >= 0.6 is 0 Å². The zero-order chi connectivity index (χ0) is 23.8. The van der Waals surface area contributed by atoms with Crippen LogP contribution in [0.4, 0.5) is 17.1 Å². The highest BCUT2D eigenvalue weighted by Gasteiger charge is 2.60. The molecule has 0 spiro atoms. The summed E-state index contributed by atoms with van der Waals surface area (Å²) in [5.41, 5.74) is 1.69. The van der Waals surface area contributed by atoms with Gasteiger partial charge in [-0.25, -0.2) is 9.96 Å². The quantitative estimate of drug-likeness (QED) is 0.311. The third-order valence-corrected chi connectivity index (χ3v) is 5.98. The van der Waals surface area contributed by atoms with E-state index in [1.165, 1.54) is 12.1 Å². The minimum atomic E-state index is -1.01. The van der Waals surface area contributed by atoms with Gasteiger partial charge in [0.25, 0.3) is 11.6 Å². The minimum Gasteiger partial charge on any atom is -0.494 e. The van der Waals surface area contributed by atoms with E-state index in [0.29, 0.717) is 29.3 Å². The van der Waals surface area contributed by atoms with Gasteiger partial charge in [-0.05, 0) is 48.9 Å². The summed E-state index contributed by atoms with van der Waals surface area (Å²) in [5.74, 6) is -1.02. The fourth-order valence-electron chi connectivity index (χ4n) is 4.46. The second kappa shape index (κ2) is 8.60. The van der Waals surface area contributed by atoms with Crippen LogP contribution in [0.15, 0.2) is 78.9 Å². The van der Waals surface area contributed by atoms with Gasteiger partial charge in [0.1, 0.15) is 11.7 Å². The van der Waals surface area contributed by atoms with Crippen molar-refractivity contribution in [2.75, 3.05) is 16.6 Å². The number of non-ortho nitro benzene ring substituents is 1. The SMILES string of the molecule is CCOc1ccc(N2C(=O)C3ON(c4ccccc4)C(c4ccc([N+](=O)[O-])cc4)C3C2=O)cc1. The number of fused-ring (bicyclic) bond motifs is 1. The average molecular weight is 459 g/mol. The maximum absolute atomic E-state index is 13.6. The number of anilines is 2. The maximum atomic E-state index is 13.6. The molecule has 3 aromatic carbocycles. The molecule has 2 fully saturated rings. The molecule has 34 heavy (non-hydrogen) atoms. The molecule has 0 saturated carbocycles. The molecule has 2 saturated heterocycles. The van der Waals surface area contributed by atoms with Gasteiger partial charge in [-0.1, -0.05) is 30.3 Å². The lowest BCUT2D eigenvalue weighted by atomic mass is 9.90. The third kappa shape index (κ3) is 3.56. The lowest BCUT2D eigenvalue weighted by Crippen LogP contribution is -2.37. The van der Waals surface area contributed by atoms with Crippen molar-refractivity contribution in [3.8, 4) is 5.75 Å². The molecule has 3 unspecified atom stereocenters. The minimum absolute atomic E-state index is 0.0599. The number of hydrogen-bond acceptors (Lipinski definition) is 7. The lowest BCUT2D eigenvalue weighted by Gasteiger charge is -2.28. The van der Waals surface area contributed by atoms with Crippen LogP contribution in [0.2, 0.25) is 0 Å². The Kier molecular flexibility index (Phi) is 5.46. The molecule has 9 heteroatoms. The number of nitro benzene ring substituents is 1. The van der Waals surface area contributed by atoms with E-state index in [9.17, 15) is 19.7 Å². The number of nitro groups is 1. The van der Waals surface area contributed by atoms with Gasteiger partial charge in [0.2, 0.25) is 5.91 Å². The molecule has 172 valence electrons. The lowest BCUT2D eigenvalue weighted by molar-refractivity contribution is -0.384. The molecule has 2 aliphatic heterocycles. The zero-order valence-corrected chi connectivity index (χ0v) is 18.2. The fourth-order valence-corrected chi connectivity index (χ4v) is 4.46. The molecule has 3 aromatic rings. The Bertz CT molecular complexity index is 1230. The van der Waals surface area contributed by atoms with E-state index in [1.54, 1.807) is 41.5 Å². The highest BCUT2D eigenvalue weighted by molar-refractivity contribution is 6.23. The summed E-state index contributed by atoms with van der Waals surface area (Å²) < 4.78 is 5.45. The highest BCUT2D eigenvalue weighted by Crippen LogP contribution is 2.47. The van der Waals surface area contributed by atoms with Crippen LogP contribution in [-0.2, 0) is 14.4 Å². The summed E-state index contributed by atoms with van der Waals surface area (Å²) in [7, 11) is 0. The number of hydroxylamine groups is 1. The van der Waals surface area contributed by atoms with Gasteiger partial charge in [0.05, 0.1) is 28.9 Å². The van der Waals surface area contributed by atoms with Gasteiger partial charge in [-0.3, -0.25) is 24.5 Å². The Balaban J connectivity index is 1.53. The molecule has 5 rings (SSSR count). The molecule has 2 heterocycles. The molecule has 3 atom stereocenters. The second-order valence-corrected chi connectivity index (χ2v) is 7.95. The molecule has 0 aromatic heterocycles. The van der Waals surface area contributed by atoms with Crippen LogP contribution < -0.4 is 14.7 Å². The van der Waals surface area contributed by atoms with Crippen LogP contribution in [-0.4, -0.2) is 29.4 Å². The average Bonchev–Trinajstić information content (AvgIpc) is 3.36. The summed E-state index contributed by atoms with van der Waals surface area (Å²) in [5, 5.41) is 12.7. The van der Waals surface area contributed by atoms with Gasteiger partial charge >= 0.3 is 0 Å². The molecule has 0 radical (unpaired) electrons. The number of ether oxygens (including phenoxy) is 1. The van der Waals surface area contributed by atoms with Gasteiger partial charge in [0.15, 0.2) is 6.10 Å². The van der Waals surface area contributed by atoms with Crippen molar-refractivity contribution in [3.05, 3.63) is 94.5 Å². The molecule has 9 nitrogen and oxygen atoms in total. The van der Waals surface area contributed by atoms with E-state index < -0.39 is 28.9 Å². The Morgan fingerprint density at radius 1 is 0.912 bits per heavy atom. The molecular formula is C25H21N3O6. The summed E-state index contributed by atoms with van der Waals surface area (Å²) in [6.45, 7) is 2.38. The van der Waals surface area contributed by atoms with Gasteiger partial charge in [-0.2, -0.15) is 0 Å².